The van der Waals surface area contributed by atoms with Crippen LogP contribution in [0.15, 0.2) is 23.1 Å². The van der Waals surface area contributed by atoms with Gasteiger partial charge in [0.05, 0.1) is 15.4 Å². The number of thioether (sulfide) groups is 1. The van der Waals surface area contributed by atoms with Crippen LogP contribution in [0.1, 0.15) is 31.1 Å². The Morgan fingerprint density at radius 2 is 2.09 bits per heavy atom. The molecule has 1 unspecified atom stereocenters. The van der Waals surface area contributed by atoms with Gasteiger partial charge >= 0.3 is 0 Å². The number of nitro benzene ring substituents is 1. The van der Waals surface area contributed by atoms with Gasteiger partial charge in [0.25, 0.3) is 11.6 Å². The monoisotopic (exact) mass is 347 g/mol. The van der Waals surface area contributed by atoms with E-state index in [1.807, 2.05) is 20.8 Å². The number of nitrogens with one attached hydrogen (secondary N) is 1. The minimum Gasteiger partial charge on any atom is -0.345 e. The third-order valence-corrected chi connectivity index (χ3v) is 4.52. The number of nitrogens with zero attached hydrogens (tertiary/aromatic N) is 1. The van der Waals surface area contributed by atoms with Crippen molar-refractivity contribution < 1.29 is 9.72 Å². The Kier molecular flexibility index (Phi) is 7.86. The van der Waals surface area contributed by atoms with Crippen LogP contribution < -0.4 is 11.1 Å². The normalized spacial score (nSPS) is 13.2. The molecule has 0 aliphatic rings. The maximum Gasteiger partial charge on any atom is 0.283 e. The summed E-state index contributed by atoms with van der Waals surface area (Å²) in [6, 6.07) is 4.48. The minimum atomic E-state index is -0.552. The fourth-order valence-corrected chi connectivity index (χ4v) is 2.28. The van der Waals surface area contributed by atoms with Gasteiger partial charge in [-0.1, -0.05) is 13.8 Å². The molecule has 1 aromatic rings. The highest BCUT2D eigenvalue weighted by Crippen LogP contribution is 2.28. The van der Waals surface area contributed by atoms with E-state index < -0.39 is 10.5 Å². The molecular weight excluding hydrogens is 326 g/mol. The first kappa shape index (κ1) is 20.7. The quantitative estimate of drug-likeness (QED) is 0.468. The Balaban J connectivity index is 0.00000441. The molecule has 3 N–H and O–H groups in total. The molecule has 0 radical (unpaired) electrons. The highest BCUT2D eigenvalue weighted by Gasteiger charge is 2.29. The van der Waals surface area contributed by atoms with Crippen LogP contribution in [0.4, 0.5) is 5.69 Å². The molecule has 124 valence electrons. The number of amides is 1. The van der Waals surface area contributed by atoms with Crippen molar-refractivity contribution in [2.45, 2.75) is 31.2 Å². The largest absolute Gasteiger partial charge is 0.345 e. The zero-order chi connectivity index (χ0) is 16.2. The highest BCUT2D eigenvalue weighted by molar-refractivity contribution is 7.98. The van der Waals surface area contributed by atoms with Crippen molar-refractivity contribution in [3.05, 3.63) is 33.9 Å². The summed E-state index contributed by atoms with van der Waals surface area (Å²) in [6.45, 7) is 6.08. The van der Waals surface area contributed by atoms with Crippen LogP contribution in [0.25, 0.3) is 0 Å². The lowest BCUT2D eigenvalue weighted by Gasteiger charge is -2.33. The maximum atomic E-state index is 12.3. The third kappa shape index (κ3) is 4.59. The molecule has 6 nitrogen and oxygen atoms in total. The third-order valence-electron chi connectivity index (χ3n) is 3.74. The SMILES string of the molecule is CSc1ccc(C(=O)NC(C)(CN)C(C)C)cc1[N+](=O)[O-].Cl. The van der Waals surface area contributed by atoms with Crippen molar-refractivity contribution in [3.8, 4) is 0 Å². The fourth-order valence-electron chi connectivity index (χ4n) is 1.74. The van der Waals surface area contributed by atoms with Crippen LogP contribution in [0, 0.1) is 16.0 Å². The van der Waals surface area contributed by atoms with Crippen molar-refractivity contribution in [1.82, 2.24) is 5.32 Å². The molecule has 22 heavy (non-hydrogen) atoms. The minimum absolute atomic E-state index is 0. The Hall–Kier alpha value is -1.31. The lowest BCUT2D eigenvalue weighted by molar-refractivity contribution is -0.387. The average molecular weight is 348 g/mol. The fraction of sp³-hybridized carbons (Fsp3) is 0.500. The van der Waals surface area contributed by atoms with Crippen molar-refractivity contribution in [1.29, 1.82) is 0 Å². The van der Waals surface area contributed by atoms with Crippen LogP contribution in [0.3, 0.4) is 0 Å². The smallest absolute Gasteiger partial charge is 0.283 e. The van der Waals surface area contributed by atoms with E-state index in [2.05, 4.69) is 5.32 Å². The molecule has 8 heteroatoms. The Bertz CT molecular complexity index is 554. The summed E-state index contributed by atoms with van der Waals surface area (Å²) in [7, 11) is 0. The van der Waals surface area contributed by atoms with Crippen LogP contribution >= 0.6 is 24.2 Å². The first-order valence-electron chi connectivity index (χ1n) is 6.60. The number of benzene rings is 1. The van der Waals surface area contributed by atoms with E-state index in [0.29, 0.717) is 11.4 Å². The predicted octanol–water partition coefficient (Wildman–Crippen LogP) is 2.84. The van der Waals surface area contributed by atoms with Gasteiger partial charge in [0.2, 0.25) is 0 Å². The first-order valence-corrected chi connectivity index (χ1v) is 7.82. The Morgan fingerprint density at radius 3 is 2.50 bits per heavy atom. The van der Waals surface area contributed by atoms with Gasteiger partial charge in [0, 0.05) is 18.2 Å². The molecule has 0 aliphatic carbocycles. The summed E-state index contributed by atoms with van der Waals surface area (Å²) in [5.41, 5.74) is 5.38. The lowest BCUT2D eigenvalue weighted by atomic mass is 9.88. The molecule has 0 bridgehead atoms. The molecule has 0 fully saturated rings. The second-order valence-corrected chi connectivity index (χ2v) is 6.22. The zero-order valence-electron chi connectivity index (χ0n) is 13.1. The second kappa shape index (κ2) is 8.36. The molecule has 0 spiro atoms. The molecular formula is C14H22ClN3O3S. The molecule has 0 aliphatic heterocycles. The molecule has 0 heterocycles. The summed E-state index contributed by atoms with van der Waals surface area (Å²) in [5, 5.41) is 13.9. The summed E-state index contributed by atoms with van der Waals surface area (Å²) >= 11 is 1.27. The number of hydrogen-bond donors (Lipinski definition) is 2. The number of hydrogen-bond acceptors (Lipinski definition) is 5. The summed E-state index contributed by atoms with van der Waals surface area (Å²) < 4.78 is 0. The molecule has 1 rings (SSSR count). The van der Waals surface area contributed by atoms with Gasteiger partial charge in [-0.15, -0.1) is 24.2 Å². The van der Waals surface area contributed by atoms with Crippen molar-refractivity contribution >= 4 is 35.8 Å². The number of carbonyl (C=O) groups is 1. The van der Waals surface area contributed by atoms with E-state index in [4.69, 9.17) is 5.73 Å². The zero-order valence-corrected chi connectivity index (χ0v) is 14.7. The molecule has 1 aromatic carbocycles. The Labute approximate surface area is 140 Å². The standard InChI is InChI=1S/C14H21N3O3S.ClH/c1-9(2)14(3,8-15)16-13(18)10-5-6-12(21-4)11(7-10)17(19)20;/h5-7,9H,8,15H2,1-4H3,(H,16,18);1H. The highest BCUT2D eigenvalue weighted by atomic mass is 35.5. The number of nitrogens with two attached hydrogens (primary N) is 1. The van der Waals surface area contributed by atoms with E-state index in [1.165, 1.54) is 17.8 Å². The molecule has 1 atom stereocenters. The van der Waals surface area contributed by atoms with Gasteiger partial charge in [-0.3, -0.25) is 14.9 Å². The van der Waals surface area contributed by atoms with E-state index in [-0.39, 0.29) is 35.5 Å². The van der Waals surface area contributed by atoms with E-state index in [0.717, 1.165) is 0 Å². The van der Waals surface area contributed by atoms with Crippen molar-refractivity contribution in [2.24, 2.45) is 11.7 Å². The topological polar surface area (TPSA) is 98.3 Å². The van der Waals surface area contributed by atoms with Gasteiger partial charge in [0.1, 0.15) is 0 Å². The predicted molar refractivity (Wildman–Crippen MR) is 91.9 cm³/mol. The summed E-state index contributed by atoms with van der Waals surface area (Å²) in [4.78, 5) is 23.4. The second-order valence-electron chi connectivity index (χ2n) is 5.37. The van der Waals surface area contributed by atoms with Gasteiger partial charge in [-0.2, -0.15) is 0 Å². The number of nitro groups is 1. The molecule has 1 amide bonds. The van der Waals surface area contributed by atoms with Gasteiger partial charge in [0.15, 0.2) is 0 Å². The average Bonchev–Trinajstić information content (AvgIpc) is 2.45. The van der Waals surface area contributed by atoms with Crippen LogP contribution in [-0.4, -0.2) is 29.2 Å². The number of carbonyl (C=O) groups excluding carboxylic acids is 1. The van der Waals surface area contributed by atoms with Crippen LogP contribution in [0.5, 0.6) is 0 Å². The van der Waals surface area contributed by atoms with Gasteiger partial charge in [-0.25, -0.2) is 0 Å². The van der Waals surface area contributed by atoms with E-state index in [1.54, 1.807) is 18.4 Å². The van der Waals surface area contributed by atoms with E-state index in [9.17, 15) is 14.9 Å². The number of halogens is 1. The Morgan fingerprint density at radius 1 is 1.50 bits per heavy atom. The molecule has 0 aromatic heterocycles. The first-order chi connectivity index (χ1) is 9.75. The van der Waals surface area contributed by atoms with E-state index >= 15 is 0 Å². The summed E-state index contributed by atoms with van der Waals surface area (Å²) in [5.74, 6) is -0.209. The van der Waals surface area contributed by atoms with Gasteiger partial charge < -0.3 is 11.1 Å². The lowest BCUT2D eigenvalue weighted by Crippen LogP contribution is -2.55. The number of rotatable bonds is 6. The molecule has 0 saturated carbocycles. The van der Waals surface area contributed by atoms with Crippen LogP contribution in [-0.2, 0) is 0 Å². The van der Waals surface area contributed by atoms with Crippen molar-refractivity contribution in [2.75, 3.05) is 12.8 Å². The van der Waals surface area contributed by atoms with Crippen LogP contribution in [0.2, 0.25) is 0 Å². The summed E-state index contributed by atoms with van der Waals surface area (Å²) in [6.07, 6.45) is 1.76. The maximum absolute atomic E-state index is 12.3. The van der Waals surface area contributed by atoms with Gasteiger partial charge in [-0.05, 0) is 31.2 Å². The van der Waals surface area contributed by atoms with Crippen molar-refractivity contribution in [3.63, 3.8) is 0 Å². The molecule has 0 saturated heterocycles.